The number of aliphatic carboxylic acids is 1. The number of hydrogen-bond donors (Lipinski definition) is 4. The fraction of sp³-hybridized carbons (Fsp3) is 0.375. The second kappa shape index (κ2) is 13.1. The molecule has 1 fully saturated rings. The number of sulfone groups is 1. The van der Waals surface area contributed by atoms with Crippen molar-refractivity contribution in [1.29, 1.82) is 0 Å². The summed E-state index contributed by atoms with van der Waals surface area (Å²) < 4.78 is 44.0. The summed E-state index contributed by atoms with van der Waals surface area (Å²) >= 11 is 0. The molecule has 0 aliphatic carbocycles. The number of aryl methyl sites for hydroxylation is 3. The number of carboxylic acid groups (broad SMARTS) is 1. The fourth-order valence-electron chi connectivity index (χ4n) is 5.22. The van der Waals surface area contributed by atoms with Crippen molar-refractivity contribution >= 4 is 33.1 Å². The quantitative estimate of drug-likeness (QED) is 0.237. The van der Waals surface area contributed by atoms with E-state index in [-0.39, 0.29) is 49.7 Å². The molecule has 1 aliphatic heterocycles. The van der Waals surface area contributed by atoms with Gasteiger partial charge in [-0.15, -0.1) is 0 Å². The van der Waals surface area contributed by atoms with Gasteiger partial charge in [0.2, 0.25) is 5.91 Å². The van der Waals surface area contributed by atoms with Crippen LogP contribution in [0.5, 0.6) is 5.75 Å². The van der Waals surface area contributed by atoms with Crippen molar-refractivity contribution in [3.05, 3.63) is 76.6 Å². The highest BCUT2D eigenvalue weighted by Crippen LogP contribution is 2.37. The highest BCUT2D eigenvalue weighted by molar-refractivity contribution is 7.91. The number of rotatable bonds is 11. The van der Waals surface area contributed by atoms with Crippen molar-refractivity contribution < 1.29 is 37.3 Å². The Morgan fingerprint density at radius 1 is 1.02 bits per heavy atom. The predicted molar refractivity (Wildman–Crippen MR) is 164 cm³/mol. The standard InChI is InChI=1S/C32H37FN2O7S/c1-20-14-26(42-19-32(39)10-12-43(40,41)13-11-32)15-21(2)31(20)27-16-23(4-8-29(27)35-22(3)36)18-34-25-7-5-24(28(33)17-25)6-9-30(37)38/h4-5,7-8,14-17,34,39H,6,9-13,18-19H2,1-3H3,(H,35,36)(H,37,38). The molecule has 3 aromatic carbocycles. The van der Waals surface area contributed by atoms with Gasteiger partial charge < -0.3 is 25.6 Å². The van der Waals surface area contributed by atoms with Gasteiger partial charge in [0.15, 0.2) is 9.84 Å². The van der Waals surface area contributed by atoms with Crippen LogP contribution >= 0.6 is 0 Å². The zero-order valence-corrected chi connectivity index (χ0v) is 25.3. The Kier molecular flexibility index (Phi) is 9.76. The normalized spacial score (nSPS) is 15.5. The Labute approximate surface area is 251 Å². The summed E-state index contributed by atoms with van der Waals surface area (Å²) in [5.74, 6) is -1.24. The largest absolute Gasteiger partial charge is 0.491 e. The van der Waals surface area contributed by atoms with E-state index in [1.165, 1.54) is 13.0 Å². The van der Waals surface area contributed by atoms with Crippen molar-refractivity contribution in [2.24, 2.45) is 0 Å². The predicted octanol–water partition coefficient (Wildman–Crippen LogP) is 5.02. The van der Waals surface area contributed by atoms with Crippen molar-refractivity contribution in [3.8, 4) is 16.9 Å². The third kappa shape index (κ3) is 8.55. The fourth-order valence-corrected chi connectivity index (χ4v) is 6.81. The summed E-state index contributed by atoms with van der Waals surface area (Å²) in [6, 6.07) is 14.0. The highest BCUT2D eigenvalue weighted by Gasteiger charge is 2.36. The van der Waals surface area contributed by atoms with Gasteiger partial charge in [0.1, 0.15) is 23.8 Å². The summed E-state index contributed by atoms with van der Waals surface area (Å²) in [5.41, 5.74) is 4.65. The van der Waals surface area contributed by atoms with Gasteiger partial charge in [-0.2, -0.15) is 0 Å². The maximum atomic E-state index is 14.5. The van der Waals surface area contributed by atoms with E-state index in [4.69, 9.17) is 9.84 Å². The molecule has 1 saturated heterocycles. The van der Waals surface area contributed by atoms with E-state index >= 15 is 0 Å². The number of carboxylic acids is 1. The van der Waals surface area contributed by atoms with Crippen LogP contribution in [0, 0.1) is 19.7 Å². The Hall–Kier alpha value is -3.96. The zero-order valence-electron chi connectivity index (χ0n) is 24.5. The van der Waals surface area contributed by atoms with E-state index in [0.717, 1.165) is 27.8 Å². The molecule has 0 atom stereocenters. The van der Waals surface area contributed by atoms with E-state index in [9.17, 15) is 27.5 Å². The van der Waals surface area contributed by atoms with Crippen molar-refractivity contribution in [2.45, 2.75) is 58.6 Å². The number of halogens is 1. The second-order valence-corrected chi connectivity index (χ2v) is 13.5. The lowest BCUT2D eigenvalue weighted by Gasteiger charge is -2.31. The molecule has 1 aliphatic rings. The molecular formula is C32H37FN2O7S. The summed E-state index contributed by atoms with van der Waals surface area (Å²) in [6.07, 6.45) is 0.235. The number of hydrogen-bond acceptors (Lipinski definition) is 7. The van der Waals surface area contributed by atoms with Crippen LogP contribution in [0.3, 0.4) is 0 Å². The lowest BCUT2D eigenvalue weighted by Crippen LogP contribution is -2.43. The monoisotopic (exact) mass is 612 g/mol. The number of carbonyl (C=O) groups is 2. The Morgan fingerprint density at radius 3 is 2.30 bits per heavy atom. The molecule has 9 nitrogen and oxygen atoms in total. The minimum atomic E-state index is -3.12. The number of benzene rings is 3. The Morgan fingerprint density at radius 2 is 1.70 bits per heavy atom. The first kappa shape index (κ1) is 32.0. The van der Waals surface area contributed by atoms with Crippen LogP contribution in [-0.4, -0.2) is 54.2 Å². The molecule has 0 radical (unpaired) electrons. The minimum absolute atomic E-state index is 0.0137. The van der Waals surface area contributed by atoms with Crippen LogP contribution in [0.15, 0.2) is 48.5 Å². The molecule has 1 amide bonds. The molecule has 3 aromatic rings. The molecule has 0 saturated carbocycles. The van der Waals surface area contributed by atoms with E-state index < -0.39 is 27.2 Å². The molecule has 0 spiro atoms. The first-order chi connectivity index (χ1) is 20.2. The minimum Gasteiger partial charge on any atom is -0.491 e. The van der Waals surface area contributed by atoms with Gasteiger partial charge in [-0.3, -0.25) is 9.59 Å². The number of aliphatic hydroxyl groups is 1. The average Bonchev–Trinajstić information content (AvgIpc) is 2.92. The highest BCUT2D eigenvalue weighted by atomic mass is 32.2. The van der Waals surface area contributed by atoms with Crippen LogP contribution in [0.2, 0.25) is 0 Å². The number of anilines is 2. The van der Waals surface area contributed by atoms with Gasteiger partial charge in [0.25, 0.3) is 0 Å². The smallest absolute Gasteiger partial charge is 0.303 e. The molecule has 230 valence electrons. The van der Waals surface area contributed by atoms with Crippen LogP contribution in [0.25, 0.3) is 11.1 Å². The second-order valence-electron chi connectivity index (χ2n) is 11.2. The van der Waals surface area contributed by atoms with Gasteiger partial charge in [0, 0.05) is 36.8 Å². The van der Waals surface area contributed by atoms with E-state index in [2.05, 4.69) is 10.6 Å². The average molecular weight is 613 g/mol. The van der Waals surface area contributed by atoms with Crippen LogP contribution in [0.4, 0.5) is 15.8 Å². The maximum Gasteiger partial charge on any atom is 0.303 e. The SMILES string of the molecule is CC(=O)Nc1ccc(CNc2ccc(CCC(=O)O)c(F)c2)cc1-c1c(C)cc(OCC2(O)CCS(=O)(=O)CC2)cc1C. The van der Waals surface area contributed by atoms with Gasteiger partial charge in [-0.05, 0) is 97.3 Å². The van der Waals surface area contributed by atoms with Crippen LogP contribution < -0.4 is 15.4 Å². The summed E-state index contributed by atoms with van der Waals surface area (Å²) in [5, 5.41) is 25.8. The molecule has 1 heterocycles. The number of carbonyl (C=O) groups excluding carboxylic acids is 1. The first-order valence-corrected chi connectivity index (χ1v) is 15.9. The van der Waals surface area contributed by atoms with E-state index in [0.29, 0.717) is 29.2 Å². The molecule has 11 heteroatoms. The Balaban J connectivity index is 1.54. The lowest BCUT2D eigenvalue weighted by atomic mass is 9.92. The van der Waals surface area contributed by atoms with E-state index in [1.807, 2.05) is 44.2 Å². The number of nitrogens with one attached hydrogen (secondary N) is 2. The Bertz CT molecular complexity index is 1600. The van der Waals surface area contributed by atoms with E-state index in [1.54, 1.807) is 12.1 Å². The molecular weight excluding hydrogens is 575 g/mol. The van der Waals surface area contributed by atoms with Crippen molar-refractivity contribution in [2.75, 3.05) is 28.7 Å². The van der Waals surface area contributed by atoms with Crippen molar-refractivity contribution in [1.82, 2.24) is 0 Å². The van der Waals surface area contributed by atoms with Gasteiger partial charge in [0.05, 0.1) is 11.5 Å². The molecule has 0 bridgehead atoms. The van der Waals surface area contributed by atoms with Gasteiger partial charge >= 0.3 is 5.97 Å². The topological polar surface area (TPSA) is 142 Å². The molecule has 4 rings (SSSR count). The zero-order chi connectivity index (χ0) is 31.4. The maximum absolute atomic E-state index is 14.5. The number of amides is 1. The van der Waals surface area contributed by atoms with Crippen LogP contribution in [0.1, 0.15) is 48.4 Å². The van der Waals surface area contributed by atoms with Crippen molar-refractivity contribution in [3.63, 3.8) is 0 Å². The van der Waals surface area contributed by atoms with Gasteiger partial charge in [-0.1, -0.05) is 12.1 Å². The summed E-state index contributed by atoms with van der Waals surface area (Å²) in [6.45, 7) is 5.64. The first-order valence-electron chi connectivity index (χ1n) is 14.1. The summed E-state index contributed by atoms with van der Waals surface area (Å²) in [4.78, 5) is 22.8. The van der Waals surface area contributed by atoms with Gasteiger partial charge in [-0.25, -0.2) is 12.8 Å². The molecule has 0 unspecified atom stereocenters. The lowest BCUT2D eigenvalue weighted by molar-refractivity contribution is -0.137. The van der Waals surface area contributed by atoms with Crippen LogP contribution in [-0.2, 0) is 32.4 Å². The molecule has 4 N–H and O–H groups in total. The summed E-state index contributed by atoms with van der Waals surface area (Å²) in [7, 11) is -3.12. The molecule has 43 heavy (non-hydrogen) atoms. The number of ether oxygens (including phenoxy) is 1. The third-order valence-corrected chi connectivity index (χ3v) is 9.24. The molecule has 0 aromatic heterocycles. The third-order valence-electron chi connectivity index (χ3n) is 7.59.